The van der Waals surface area contributed by atoms with Crippen LogP contribution < -0.4 is 15.8 Å². The lowest BCUT2D eigenvalue weighted by molar-refractivity contribution is -0.117. The zero-order chi connectivity index (χ0) is 13.5. The number of nitrogens with two attached hydrogens (primary N) is 1. The van der Waals surface area contributed by atoms with Gasteiger partial charge in [0.15, 0.2) is 0 Å². The van der Waals surface area contributed by atoms with E-state index < -0.39 is 18.6 Å². The summed E-state index contributed by atoms with van der Waals surface area (Å²) in [5.74, 6) is 1.85. The molecule has 4 nitrogen and oxygen atoms in total. The summed E-state index contributed by atoms with van der Waals surface area (Å²) in [7, 11) is 0. The molecule has 1 aromatic carbocycles. The van der Waals surface area contributed by atoms with Crippen molar-refractivity contribution in [1.82, 2.24) is 0 Å². The zero-order valence-electron chi connectivity index (χ0n) is 9.40. The van der Waals surface area contributed by atoms with Crippen LogP contribution >= 0.6 is 0 Å². The molecule has 1 amide bonds. The number of terminal acetylenes is 1. The standard InChI is InChI=1S/C12H12F2N2O2/c1-2-3-10(15)11(17)16-8-4-6-9(7-5-8)18-12(13)14/h1,4-7,10,12H,3,15H2,(H,16,17). The Morgan fingerprint density at radius 3 is 2.56 bits per heavy atom. The molecule has 0 aliphatic heterocycles. The highest BCUT2D eigenvalue weighted by molar-refractivity contribution is 5.94. The van der Waals surface area contributed by atoms with Crippen molar-refractivity contribution in [3.8, 4) is 18.1 Å². The predicted molar refractivity (Wildman–Crippen MR) is 63.1 cm³/mol. The van der Waals surface area contributed by atoms with Gasteiger partial charge in [-0.25, -0.2) is 0 Å². The van der Waals surface area contributed by atoms with Crippen LogP contribution in [0.15, 0.2) is 24.3 Å². The van der Waals surface area contributed by atoms with Gasteiger partial charge in [0.25, 0.3) is 0 Å². The van der Waals surface area contributed by atoms with E-state index in [1.807, 2.05) is 0 Å². The van der Waals surface area contributed by atoms with E-state index in [2.05, 4.69) is 16.0 Å². The van der Waals surface area contributed by atoms with Crippen molar-refractivity contribution in [3.63, 3.8) is 0 Å². The Balaban J connectivity index is 2.58. The first-order chi connectivity index (χ1) is 8.52. The third-order valence-electron chi connectivity index (χ3n) is 2.02. The number of carbonyl (C=O) groups is 1. The summed E-state index contributed by atoms with van der Waals surface area (Å²) in [6.07, 6.45) is 5.15. The van der Waals surface area contributed by atoms with Gasteiger partial charge in [0, 0.05) is 12.1 Å². The van der Waals surface area contributed by atoms with Gasteiger partial charge in [-0.3, -0.25) is 4.79 Å². The quantitative estimate of drug-likeness (QED) is 0.784. The summed E-state index contributed by atoms with van der Waals surface area (Å²) >= 11 is 0. The number of ether oxygens (including phenoxy) is 1. The Morgan fingerprint density at radius 1 is 1.44 bits per heavy atom. The third-order valence-corrected chi connectivity index (χ3v) is 2.02. The number of halogens is 2. The van der Waals surface area contributed by atoms with E-state index in [9.17, 15) is 13.6 Å². The van der Waals surface area contributed by atoms with Crippen LogP contribution in [0.4, 0.5) is 14.5 Å². The minimum absolute atomic E-state index is 0.0101. The Morgan fingerprint density at radius 2 is 2.06 bits per heavy atom. The molecule has 0 aromatic heterocycles. The molecule has 3 N–H and O–H groups in total. The summed E-state index contributed by atoms with van der Waals surface area (Å²) in [4.78, 5) is 11.5. The smallest absolute Gasteiger partial charge is 0.387 e. The summed E-state index contributed by atoms with van der Waals surface area (Å²) in [6, 6.07) is 4.69. The van der Waals surface area contributed by atoms with Crippen molar-refractivity contribution in [2.75, 3.05) is 5.32 Å². The fourth-order valence-electron chi connectivity index (χ4n) is 1.17. The summed E-state index contributed by atoms with van der Waals surface area (Å²) in [5, 5.41) is 2.50. The van der Waals surface area contributed by atoms with Crippen LogP contribution in [-0.2, 0) is 4.79 Å². The van der Waals surface area contributed by atoms with Crippen LogP contribution in [0.2, 0.25) is 0 Å². The fourth-order valence-corrected chi connectivity index (χ4v) is 1.17. The van der Waals surface area contributed by atoms with Crippen LogP contribution in [-0.4, -0.2) is 18.6 Å². The summed E-state index contributed by atoms with van der Waals surface area (Å²) in [5.41, 5.74) is 5.92. The molecule has 0 bridgehead atoms. The van der Waals surface area contributed by atoms with Crippen molar-refractivity contribution in [2.45, 2.75) is 19.1 Å². The molecule has 0 saturated heterocycles. The van der Waals surface area contributed by atoms with E-state index in [0.29, 0.717) is 5.69 Å². The molecular weight excluding hydrogens is 242 g/mol. The maximum absolute atomic E-state index is 11.9. The van der Waals surface area contributed by atoms with Crippen LogP contribution in [0.3, 0.4) is 0 Å². The second-order valence-electron chi connectivity index (χ2n) is 3.41. The molecule has 96 valence electrons. The Bertz CT molecular complexity index is 440. The highest BCUT2D eigenvalue weighted by atomic mass is 19.3. The van der Waals surface area contributed by atoms with Crippen LogP contribution in [0.25, 0.3) is 0 Å². The maximum atomic E-state index is 11.9. The SMILES string of the molecule is C#CCC(N)C(=O)Nc1ccc(OC(F)F)cc1. The van der Waals surface area contributed by atoms with Gasteiger partial charge in [-0.05, 0) is 24.3 Å². The lowest BCUT2D eigenvalue weighted by atomic mass is 10.2. The average Bonchev–Trinajstić information content (AvgIpc) is 2.31. The lowest BCUT2D eigenvalue weighted by Crippen LogP contribution is -2.35. The summed E-state index contributed by atoms with van der Waals surface area (Å²) in [6.45, 7) is -2.88. The van der Waals surface area contributed by atoms with Crippen molar-refractivity contribution in [3.05, 3.63) is 24.3 Å². The number of nitrogens with one attached hydrogen (secondary N) is 1. The molecule has 0 aliphatic rings. The van der Waals surface area contributed by atoms with Gasteiger partial charge in [-0.15, -0.1) is 12.3 Å². The third kappa shape index (κ3) is 4.39. The minimum Gasteiger partial charge on any atom is -0.435 e. The molecule has 0 spiro atoms. The van der Waals surface area contributed by atoms with Crippen LogP contribution in [0.5, 0.6) is 5.75 Å². The molecule has 1 unspecified atom stereocenters. The number of rotatable bonds is 5. The lowest BCUT2D eigenvalue weighted by Gasteiger charge is -2.10. The molecule has 1 aromatic rings. The maximum Gasteiger partial charge on any atom is 0.387 e. The molecule has 6 heteroatoms. The molecule has 0 saturated carbocycles. The molecule has 0 fully saturated rings. The number of hydrogen-bond donors (Lipinski definition) is 2. The summed E-state index contributed by atoms with van der Waals surface area (Å²) < 4.78 is 28.0. The van der Waals surface area contributed by atoms with Gasteiger partial charge in [0.05, 0.1) is 6.04 Å². The van der Waals surface area contributed by atoms with Crippen LogP contribution in [0.1, 0.15) is 6.42 Å². The van der Waals surface area contributed by atoms with Gasteiger partial charge in [-0.2, -0.15) is 8.78 Å². The normalized spacial score (nSPS) is 11.7. The number of anilines is 1. The number of amides is 1. The highest BCUT2D eigenvalue weighted by Gasteiger charge is 2.12. The van der Waals surface area contributed by atoms with Crippen molar-refractivity contribution in [2.24, 2.45) is 5.73 Å². The van der Waals surface area contributed by atoms with Gasteiger partial charge in [0.1, 0.15) is 5.75 Å². The number of benzene rings is 1. The minimum atomic E-state index is -2.88. The van der Waals surface area contributed by atoms with Gasteiger partial charge >= 0.3 is 6.61 Å². The van der Waals surface area contributed by atoms with E-state index >= 15 is 0 Å². The molecular formula is C12H12F2N2O2. The zero-order valence-corrected chi connectivity index (χ0v) is 9.40. The van der Waals surface area contributed by atoms with Gasteiger partial charge in [-0.1, -0.05) is 0 Å². The molecule has 0 heterocycles. The predicted octanol–water partition coefficient (Wildman–Crippen LogP) is 1.58. The number of alkyl halides is 2. The molecule has 1 rings (SSSR count). The van der Waals surface area contributed by atoms with Crippen LogP contribution in [0, 0.1) is 12.3 Å². The Hall–Kier alpha value is -2.13. The Kier molecular flexibility index (Phi) is 5.08. The molecule has 0 radical (unpaired) electrons. The van der Waals surface area contributed by atoms with E-state index in [0.717, 1.165) is 0 Å². The first-order valence-electron chi connectivity index (χ1n) is 5.07. The largest absolute Gasteiger partial charge is 0.435 e. The number of hydrogen-bond acceptors (Lipinski definition) is 3. The van der Waals surface area contributed by atoms with E-state index in [-0.39, 0.29) is 12.2 Å². The average molecular weight is 254 g/mol. The topological polar surface area (TPSA) is 64.4 Å². The molecule has 0 aliphatic carbocycles. The molecule has 18 heavy (non-hydrogen) atoms. The molecule has 1 atom stereocenters. The first-order valence-corrected chi connectivity index (χ1v) is 5.07. The van der Waals surface area contributed by atoms with E-state index in [4.69, 9.17) is 12.2 Å². The monoisotopic (exact) mass is 254 g/mol. The van der Waals surface area contributed by atoms with Crippen molar-refractivity contribution < 1.29 is 18.3 Å². The Labute approximate surface area is 103 Å². The highest BCUT2D eigenvalue weighted by Crippen LogP contribution is 2.17. The number of carbonyl (C=O) groups excluding carboxylic acids is 1. The fraction of sp³-hybridized carbons (Fsp3) is 0.250. The van der Waals surface area contributed by atoms with Crippen molar-refractivity contribution >= 4 is 11.6 Å². The van der Waals surface area contributed by atoms with Gasteiger partial charge < -0.3 is 15.8 Å². The second kappa shape index (κ2) is 6.57. The second-order valence-corrected chi connectivity index (χ2v) is 3.41. The first kappa shape index (κ1) is 13.9. The van der Waals surface area contributed by atoms with E-state index in [1.165, 1.54) is 24.3 Å². The van der Waals surface area contributed by atoms with E-state index in [1.54, 1.807) is 0 Å². The van der Waals surface area contributed by atoms with Crippen molar-refractivity contribution in [1.29, 1.82) is 0 Å². The van der Waals surface area contributed by atoms with Gasteiger partial charge in [0.2, 0.25) is 5.91 Å².